The van der Waals surface area contributed by atoms with Gasteiger partial charge in [-0.1, -0.05) is 17.7 Å². The van der Waals surface area contributed by atoms with Crippen LogP contribution in [0.5, 0.6) is 0 Å². The molecule has 0 bridgehead atoms. The summed E-state index contributed by atoms with van der Waals surface area (Å²) < 4.78 is 6.62. The Balaban J connectivity index is 2.17. The van der Waals surface area contributed by atoms with Gasteiger partial charge in [0.15, 0.2) is 0 Å². The molecule has 0 aliphatic heterocycles. The summed E-state index contributed by atoms with van der Waals surface area (Å²) in [5.74, 6) is 0.651. The van der Waals surface area contributed by atoms with Crippen molar-refractivity contribution in [1.29, 1.82) is 0 Å². The summed E-state index contributed by atoms with van der Waals surface area (Å²) in [7, 11) is 1.40. The van der Waals surface area contributed by atoms with Gasteiger partial charge in [-0.05, 0) is 19.1 Å². The number of hydrogen-bond acceptors (Lipinski definition) is 3. The second-order valence-corrected chi connectivity index (χ2v) is 4.13. The highest BCUT2D eigenvalue weighted by Crippen LogP contribution is 2.13. The molecule has 0 atom stereocenters. The number of aryl methyl sites for hydroxylation is 2. The van der Waals surface area contributed by atoms with E-state index >= 15 is 0 Å². The molecular weight excluding hydrogens is 228 g/mol. The monoisotopic (exact) mass is 244 g/mol. The van der Waals surface area contributed by atoms with Crippen LogP contribution in [0.2, 0.25) is 0 Å². The van der Waals surface area contributed by atoms with Crippen LogP contribution in [0.3, 0.4) is 0 Å². The molecule has 0 unspecified atom stereocenters. The van der Waals surface area contributed by atoms with Gasteiger partial charge in [-0.3, -0.25) is 4.79 Å². The number of imidazole rings is 1. The van der Waals surface area contributed by atoms with Gasteiger partial charge >= 0.3 is 5.97 Å². The third-order valence-electron chi connectivity index (χ3n) is 2.81. The molecule has 1 aromatic carbocycles. The van der Waals surface area contributed by atoms with Crippen molar-refractivity contribution in [3.8, 4) is 5.69 Å². The molecule has 0 saturated heterocycles. The summed E-state index contributed by atoms with van der Waals surface area (Å²) in [5.41, 5.74) is 2.27. The second kappa shape index (κ2) is 5.49. The van der Waals surface area contributed by atoms with E-state index in [1.54, 1.807) is 6.20 Å². The number of carbonyl (C=O) groups is 1. The Kier molecular flexibility index (Phi) is 3.77. The molecule has 0 amide bonds. The fraction of sp³-hybridized carbons (Fsp3) is 0.286. The van der Waals surface area contributed by atoms with Crippen LogP contribution in [0.1, 0.15) is 17.8 Å². The van der Waals surface area contributed by atoms with Crippen LogP contribution in [0.25, 0.3) is 5.69 Å². The van der Waals surface area contributed by atoms with Crippen LogP contribution in [-0.2, 0) is 16.0 Å². The topological polar surface area (TPSA) is 44.1 Å². The van der Waals surface area contributed by atoms with E-state index in [1.165, 1.54) is 12.7 Å². The summed E-state index contributed by atoms with van der Waals surface area (Å²) in [4.78, 5) is 15.4. The standard InChI is InChI=1S/C14H16N2O2/c1-11-3-5-12(6-4-11)16-10-9-15-13(16)7-8-14(17)18-2/h3-6,9-10H,7-8H2,1-2H3. The Morgan fingerprint density at radius 3 is 2.72 bits per heavy atom. The van der Waals surface area contributed by atoms with Gasteiger partial charge in [0, 0.05) is 24.5 Å². The van der Waals surface area contributed by atoms with Crippen LogP contribution >= 0.6 is 0 Å². The number of esters is 1. The summed E-state index contributed by atoms with van der Waals surface area (Å²) in [5, 5.41) is 0. The van der Waals surface area contributed by atoms with Gasteiger partial charge in [0.2, 0.25) is 0 Å². The van der Waals surface area contributed by atoms with Crippen molar-refractivity contribution in [1.82, 2.24) is 9.55 Å². The number of rotatable bonds is 4. The van der Waals surface area contributed by atoms with Crippen molar-refractivity contribution in [3.05, 3.63) is 48.0 Å². The van der Waals surface area contributed by atoms with Gasteiger partial charge in [0.05, 0.1) is 13.5 Å². The lowest BCUT2D eigenvalue weighted by Gasteiger charge is -2.07. The SMILES string of the molecule is COC(=O)CCc1nccn1-c1ccc(C)cc1. The normalized spacial score (nSPS) is 10.3. The van der Waals surface area contributed by atoms with Crippen molar-refractivity contribution in [2.45, 2.75) is 19.8 Å². The zero-order valence-corrected chi connectivity index (χ0v) is 10.6. The van der Waals surface area contributed by atoms with E-state index in [4.69, 9.17) is 0 Å². The Morgan fingerprint density at radius 1 is 1.33 bits per heavy atom. The molecule has 94 valence electrons. The Hall–Kier alpha value is -2.10. The van der Waals surface area contributed by atoms with Gasteiger partial charge in [-0.25, -0.2) is 4.98 Å². The van der Waals surface area contributed by atoms with E-state index in [0.29, 0.717) is 12.8 Å². The minimum Gasteiger partial charge on any atom is -0.469 e. The van der Waals surface area contributed by atoms with Crippen molar-refractivity contribution < 1.29 is 9.53 Å². The van der Waals surface area contributed by atoms with Gasteiger partial charge in [0.1, 0.15) is 5.82 Å². The fourth-order valence-corrected chi connectivity index (χ4v) is 1.78. The van der Waals surface area contributed by atoms with E-state index < -0.39 is 0 Å². The highest BCUT2D eigenvalue weighted by molar-refractivity contribution is 5.69. The van der Waals surface area contributed by atoms with Crippen LogP contribution in [0.4, 0.5) is 0 Å². The van der Waals surface area contributed by atoms with Crippen molar-refractivity contribution in [2.75, 3.05) is 7.11 Å². The minimum absolute atomic E-state index is 0.214. The van der Waals surface area contributed by atoms with E-state index in [1.807, 2.05) is 22.9 Å². The molecule has 18 heavy (non-hydrogen) atoms. The van der Waals surface area contributed by atoms with Crippen molar-refractivity contribution in [2.24, 2.45) is 0 Å². The third-order valence-corrected chi connectivity index (χ3v) is 2.81. The second-order valence-electron chi connectivity index (χ2n) is 4.13. The van der Waals surface area contributed by atoms with Gasteiger partial charge in [-0.15, -0.1) is 0 Å². The van der Waals surface area contributed by atoms with E-state index in [2.05, 4.69) is 28.8 Å². The highest BCUT2D eigenvalue weighted by Gasteiger charge is 2.08. The minimum atomic E-state index is -0.214. The van der Waals surface area contributed by atoms with Crippen LogP contribution in [0.15, 0.2) is 36.7 Å². The number of methoxy groups -OCH3 is 1. The van der Waals surface area contributed by atoms with Gasteiger partial charge in [0.25, 0.3) is 0 Å². The van der Waals surface area contributed by atoms with Gasteiger partial charge < -0.3 is 9.30 Å². The summed E-state index contributed by atoms with van der Waals surface area (Å²) in [6.45, 7) is 2.05. The smallest absolute Gasteiger partial charge is 0.305 e. The Bertz CT molecular complexity index is 529. The molecule has 0 fully saturated rings. The maximum atomic E-state index is 11.1. The first-order valence-electron chi connectivity index (χ1n) is 5.87. The zero-order chi connectivity index (χ0) is 13.0. The first-order chi connectivity index (χ1) is 8.70. The fourth-order valence-electron chi connectivity index (χ4n) is 1.78. The summed E-state index contributed by atoms with van der Waals surface area (Å²) in [6, 6.07) is 8.19. The molecule has 0 aliphatic carbocycles. The predicted octanol–water partition coefficient (Wildman–Crippen LogP) is 2.29. The molecule has 0 N–H and O–H groups in total. The zero-order valence-electron chi connectivity index (χ0n) is 10.6. The molecule has 0 spiro atoms. The Morgan fingerprint density at radius 2 is 2.06 bits per heavy atom. The first kappa shape index (κ1) is 12.4. The number of nitrogens with zero attached hydrogens (tertiary/aromatic N) is 2. The number of ether oxygens (including phenoxy) is 1. The van der Waals surface area contributed by atoms with Crippen molar-refractivity contribution >= 4 is 5.97 Å². The lowest BCUT2D eigenvalue weighted by atomic mass is 10.2. The quantitative estimate of drug-likeness (QED) is 0.775. The molecule has 0 saturated carbocycles. The maximum absolute atomic E-state index is 11.1. The van der Waals surface area contributed by atoms with E-state index in [9.17, 15) is 4.79 Å². The molecular formula is C14H16N2O2. The number of hydrogen-bond donors (Lipinski definition) is 0. The highest BCUT2D eigenvalue weighted by atomic mass is 16.5. The van der Waals surface area contributed by atoms with E-state index in [0.717, 1.165) is 11.5 Å². The largest absolute Gasteiger partial charge is 0.469 e. The molecule has 4 heteroatoms. The van der Waals surface area contributed by atoms with Gasteiger partial charge in [-0.2, -0.15) is 0 Å². The molecule has 1 aromatic heterocycles. The molecule has 2 rings (SSSR count). The van der Waals surface area contributed by atoms with E-state index in [-0.39, 0.29) is 5.97 Å². The number of benzene rings is 1. The average molecular weight is 244 g/mol. The molecule has 0 radical (unpaired) electrons. The molecule has 2 aromatic rings. The first-order valence-corrected chi connectivity index (χ1v) is 5.87. The lowest BCUT2D eigenvalue weighted by Crippen LogP contribution is -2.06. The Labute approximate surface area is 106 Å². The maximum Gasteiger partial charge on any atom is 0.305 e. The van der Waals surface area contributed by atoms with Crippen LogP contribution < -0.4 is 0 Å². The van der Waals surface area contributed by atoms with Crippen LogP contribution in [0, 0.1) is 6.92 Å². The number of aromatic nitrogens is 2. The van der Waals surface area contributed by atoms with Crippen LogP contribution in [-0.4, -0.2) is 22.6 Å². The molecule has 4 nitrogen and oxygen atoms in total. The number of carbonyl (C=O) groups excluding carboxylic acids is 1. The average Bonchev–Trinajstić information content (AvgIpc) is 2.85. The predicted molar refractivity (Wildman–Crippen MR) is 68.6 cm³/mol. The molecule has 1 heterocycles. The summed E-state index contributed by atoms with van der Waals surface area (Å²) in [6.07, 6.45) is 4.57. The summed E-state index contributed by atoms with van der Waals surface area (Å²) >= 11 is 0. The van der Waals surface area contributed by atoms with Crippen molar-refractivity contribution in [3.63, 3.8) is 0 Å². The molecule has 0 aliphatic rings. The third kappa shape index (κ3) is 2.77. The lowest BCUT2D eigenvalue weighted by molar-refractivity contribution is -0.140.